The van der Waals surface area contributed by atoms with Crippen LogP contribution in [0.4, 0.5) is 5.95 Å². The summed E-state index contributed by atoms with van der Waals surface area (Å²) in [7, 11) is 2.16. The second kappa shape index (κ2) is 8.47. The molecule has 2 aromatic rings. The number of Topliss-reactive ketones (excluding diaryl/α,β-unsaturated/α-hetero) is 1. The van der Waals surface area contributed by atoms with Crippen molar-refractivity contribution >= 4 is 11.7 Å². The molecule has 7 heteroatoms. The van der Waals surface area contributed by atoms with Crippen molar-refractivity contribution in [1.82, 2.24) is 19.8 Å². The molecule has 1 saturated heterocycles. The van der Waals surface area contributed by atoms with Gasteiger partial charge in [0, 0.05) is 45.1 Å². The number of aromatic nitrogens is 2. The van der Waals surface area contributed by atoms with E-state index in [1.165, 1.54) is 0 Å². The van der Waals surface area contributed by atoms with Crippen molar-refractivity contribution in [3.05, 3.63) is 46.8 Å². The van der Waals surface area contributed by atoms with Gasteiger partial charge < -0.3 is 15.4 Å². The molecule has 154 valence electrons. The van der Waals surface area contributed by atoms with Gasteiger partial charge in [0.1, 0.15) is 12.4 Å². The highest BCUT2D eigenvalue weighted by atomic mass is 16.5. The molecule has 0 radical (unpaired) electrons. The number of likely N-dealkylation sites (N-methyl/N-ethyl adjacent to an activating group) is 1. The molecule has 0 bridgehead atoms. The molecule has 1 fully saturated rings. The zero-order valence-electron chi connectivity index (χ0n) is 17.2. The van der Waals surface area contributed by atoms with E-state index in [2.05, 4.69) is 32.9 Å². The van der Waals surface area contributed by atoms with Crippen LogP contribution in [0.15, 0.2) is 24.3 Å². The van der Waals surface area contributed by atoms with Crippen LogP contribution in [0.25, 0.3) is 0 Å². The Morgan fingerprint density at radius 2 is 1.90 bits per heavy atom. The van der Waals surface area contributed by atoms with Crippen molar-refractivity contribution in [1.29, 1.82) is 0 Å². The van der Waals surface area contributed by atoms with Crippen molar-refractivity contribution in [2.75, 3.05) is 52.1 Å². The lowest BCUT2D eigenvalue weighted by Crippen LogP contribution is -2.45. The van der Waals surface area contributed by atoms with E-state index in [1.54, 1.807) is 0 Å². The number of hydrogen-bond donors (Lipinski definition) is 1. The third-order valence-electron chi connectivity index (χ3n) is 5.95. The number of aryl methyl sites for hydroxylation is 1. The number of para-hydroxylation sites is 1. The summed E-state index contributed by atoms with van der Waals surface area (Å²) in [4.78, 5) is 26.1. The number of fused-ring (bicyclic) bond motifs is 1. The summed E-state index contributed by atoms with van der Waals surface area (Å²) in [5.74, 6) is 1.22. The van der Waals surface area contributed by atoms with Gasteiger partial charge in [0.25, 0.3) is 0 Å². The number of carbonyl (C=O) groups excluding carboxylic acids is 1. The van der Waals surface area contributed by atoms with Crippen molar-refractivity contribution in [2.45, 2.75) is 25.7 Å². The van der Waals surface area contributed by atoms with Gasteiger partial charge in [0.05, 0.1) is 17.0 Å². The van der Waals surface area contributed by atoms with Gasteiger partial charge in [0.15, 0.2) is 5.78 Å². The Kier molecular flexibility index (Phi) is 5.78. The second-order valence-corrected chi connectivity index (χ2v) is 8.05. The summed E-state index contributed by atoms with van der Waals surface area (Å²) in [5, 5.41) is 0. The van der Waals surface area contributed by atoms with E-state index in [0.717, 1.165) is 49.7 Å². The van der Waals surface area contributed by atoms with Crippen LogP contribution >= 0.6 is 0 Å². The zero-order valence-corrected chi connectivity index (χ0v) is 17.2. The molecule has 2 heterocycles. The fourth-order valence-corrected chi connectivity index (χ4v) is 4.32. The number of anilines is 1. The van der Waals surface area contributed by atoms with Gasteiger partial charge in [-0.05, 0) is 32.0 Å². The number of benzene rings is 1. The molecule has 2 aliphatic rings. The molecule has 1 atom stereocenters. The van der Waals surface area contributed by atoms with E-state index in [-0.39, 0.29) is 17.6 Å². The summed E-state index contributed by atoms with van der Waals surface area (Å²) in [6.07, 6.45) is 1.12. The lowest BCUT2D eigenvalue weighted by atomic mass is 9.81. The van der Waals surface area contributed by atoms with E-state index in [1.807, 2.05) is 25.1 Å². The van der Waals surface area contributed by atoms with Crippen LogP contribution in [0.5, 0.6) is 5.75 Å². The van der Waals surface area contributed by atoms with Gasteiger partial charge in [-0.25, -0.2) is 9.97 Å². The highest BCUT2D eigenvalue weighted by molar-refractivity contribution is 5.99. The van der Waals surface area contributed by atoms with Gasteiger partial charge in [0.2, 0.25) is 5.95 Å². The fourth-order valence-electron chi connectivity index (χ4n) is 4.32. The van der Waals surface area contributed by atoms with Gasteiger partial charge in [-0.2, -0.15) is 0 Å². The number of ether oxygens (including phenoxy) is 1. The first-order valence-electron chi connectivity index (χ1n) is 10.3. The molecule has 29 heavy (non-hydrogen) atoms. The molecular formula is C22H29N5O2. The number of nitrogens with zero attached hydrogens (tertiary/aromatic N) is 4. The molecule has 0 spiro atoms. The smallest absolute Gasteiger partial charge is 0.220 e. The van der Waals surface area contributed by atoms with Crippen LogP contribution in [-0.4, -0.2) is 71.9 Å². The zero-order chi connectivity index (χ0) is 20.4. The molecule has 1 aliphatic heterocycles. The summed E-state index contributed by atoms with van der Waals surface area (Å²) in [5.41, 5.74) is 8.96. The summed E-state index contributed by atoms with van der Waals surface area (Å²) < 4.78 is 6.17. The maximum Gasteiger partial charge on any atom is 0.220 e. The minimum absolute atomic E-state index is 0.0449. The van der Waals surface area contributed by atoms with Crippen LogP contribution in [0.2, 0.25) is 0 Å². The number of ketones is 1. The van der Waals surface area contributed by atoms with E-state index < -0.39 is 0 Å². The van der Waals surface area contributed by atoms with Gasteiger partial charge in [-0.1, -0.05) is 18.2 Å². The van der Waals surface area contributed by atoms with Gasteiger partial charge >= 0.3 is 0 Å². The fraction of sp³-hybridized carbons (Fsp3) is 0.500. The third-order valence-corrected chi connectivity index (χ3v) is 5.95. The number of nitrogens with two attached hydrogens (primary N) is 1. The normalized spacial score (nSPS) is 20.5. The highest BCUT2D eigenvalue weighted by Gasteiger charge is 2.31. The van der Waals surface area contributed by atoms with Crippen molar-refractivity contribution in [3.8, 4) is 5.75 Å². The topological polar surface area (TPSA) is 84.6 Å². The predicted octanol–water partition coefficient (Wildman–Crippen LogP) is 1.91. The number of piperazine rings is 1. The minimum atomic E-state index is 0.0449. The first kappa shape index (κ1) is 19.8. The molecule has 1 aromatic carbocycles. The van der Waals surface area contributed by atoms with E-state index in [9.17, 15) is 4.79 Å². The molecule has 1 aromatic heterocycles. The number of hydrogen-bond acceptors (Lipinski definition) is 7. The van der Waals surface area contributed by atoms with Crippen LogP contribution in [0, 0.1) is 6.92 Å². The Hall–Kier alpha value is -2.51. The molecule has 7 nitrogen and oxygen atoms in total. The second-order valence-electron chi connectivity index (χ2n) is 8.05. The molecule has 2 N–H and O–H groups in total. The Balaban J connectivity index is 1.46. The largest absolute Gasteiger partial charge is 0.492 e. The Morgan fingerprint density at radius 3 is 2.69 bits per heavy atom. The summed E-state index contributed by atoms with van der Waals surface area (Å²) in [6, 6.07) is 8.05. The number of nitrogen functional groups attached to an aromatic ring is 1. The Labute approximate surface area is 171 Å². The summed E-state index contributed by atoms with van der Waals surface area (Å²) in [6.45, 7) is 7.75. The quantitative estimate of drug-likeness (QED) is 0.828. The lowest BCUT2D eigenvalue weighted by molar-refractivity contribution is 0.0961. The highest BCUT2D eigenvalue weighted by Crippen LogP contribution is 2.37. The first-order chi connectivity index (χ1) is 14.0. The number of rotatable bonds is 5. The predicted molar refractivity (Wildman–Crippen MR) is 112 cm³/mol. The summed E-state index contributed by atoms with van der Waals surface area (Å²) >= 11 is 0. The van der Waals surface area contributed by atoms with Gasteiger partial charge in [-0.15, -0.1) is 0 Å². The van der Waals surface area contributed by atoms with E-state index in [0.29, 0.717) is 30.7 Å². The van der Waals surface area contributed by atoms with Crippen LogP contribution in [0.3, 0.4) is 0 Å². The van der Waals surface area contributed by atoms with Gasteiger partial charge in [-0.3, -0.25) is 9.69 Å². The van der Waals surface area contributed by atoms with Crippen LogP contribution < -0.4 is 10.5 Å². The molecule has 1 aliphatic carbocycles. The standard InChI is InChI=1S/C22H29N5O2/c1-15-21-18(25-22(23)24-15)13-16(14-19(21)28)17-5-3-4-6-20(17)29-12-11-27-9-7-26(2)8-10-27/h3-6,16H,7-14H2,1-2H3,(H2,23,24,25). The average Bonchev–Trinajstić information content (AvgIpc) is 2.69. The van der Waals surface area contributed by atoms with Crippen LogP contribution in [-0.2, 0) is 6.42 Å². The lowest BCUT2D eigenvalue weighted by Gasteiger charge is -2.32. The SMILES string of the molecule is Cc1nc(N)nc2c1C(=O)CC(c1ccccc1OCCN1CCN(C)CC1)C2. The molecular weight excluding hydrogens is 366 g/mol. The van der Waals surface area contributed by atoms with Crippen LogP contribution in [0.1, 0.15) is 39.6 Å². The van der Waals surface area contributed by atoms with Crippen molar-refractivity contribution in [2.24, 2.45) is 0 Å². The monoisotopic (exact) mass is 395 g/mol. The minimum Gasteiger partial charge on any atom is -0.492 e. The molecule has 0 saturated carbocycles. The molecule has 0 amide bonds. The average molecular weight is 396 g/mol. The maximum absolute atomic E-state index is 12.8. The third kappa shape index (κ3) is 4.41. The Morgan fingerprint density at radius 1 is 1.14 bits per heavy atom. The first-order valence-corrected chi connectivity index (χ1v) is 10.3. The molecule has 1 unspecified atom stereocenters. The van der Waals surface area contributed by atoms with E-state index in [4.69, 9.17) is 10.5 Å². The van der Waals surface area contributed by atoms with E-state index >= 15 is 0 Å². The molecule has 4 rings (SSSR count). The van der Waals surface area contributed by atoms with Crippen molar-refractivity contribution in [3.63, 3.8) is 0 Å². The Bertz CT molecular complexity index is 893. The maximum atomic E-state index is 12.8. The van der Waals surface area contributed by atoms with Crippen molar-refractivity contribution < 1.29 is 9.53 Å². The number of carbonyl (C=O) groups is 1.